The number of para-hydroxylation sites is 1. The van der Waals surface area contributed by atoms with E-state index in [9.17, 15) is 0 Å². The van der Waals surface area contributed by atoms with E-state index in [0.717, 1.165) is 33.1 Å². The van der Waals surface area contributed by atoms with Crippen molar-refractivity contribution in [3.05, 3.63) is 66.7 Å². The van der Waals surface area contributed by atoms with Gasteiger partial charge < -0.3 is 9.40 Å². The smallest absolute Gasteiger partial charge is 0.227 e. The van der Waals surface area contributed by atoms with E-state index < -0.39 is 0 Å². The Balaban J connectivity index is 1.90. The SMILES string of the molecule is c1ccc(-c2nc3ccc4[nH]c5ccccc5c4c3o2)cc1. The molecule has 0 aliphatic rings. The lowest BCUT2D eigenvalue weighted by atomic mass is 10.1. The zero-order valence-corrected chi connectivity index (χ0v) is 11.7. The Kier molecular flexibility index (Phi) is 2.22. The van der Waals surface area contributed by atoms with Gasteiger partial charge in [0.05, 0.1) is 10.9 Å². The van der Waals surface area contributed by atoms with Gasteiger partial charge in [0.25, 0.3) is 0 Å². The first-order valence-electron chi connectivity index (χ1n) is 7.25. The predicted octanol–water partition coefficient (Wildman–Crippen LogP) is 5.13. The highest BCUT2D eigenvalue weighted by molar-refractivity contribution is 6.17. The van der Waals surface area contributed by atoms with Crippen LogP contribution in [0.1, 0.15) is 0 Å². The molecule has 1 N–H and O–H groups in total. The molecule has 0 saturated carbocycles. The van der Waals surface area contributed by atoms with Crippen LogP contribution in [0.2, 0.25) is 0 Å². The predicted molar refractivity (Wildman–Crippen MR) is 88.8 cm³/mol. The molecule has 2 aromatic heterocycles. The number of hydrogen-bond donors (Lipinski definition) is 1. The second-order valence-corrected chi connectivity index (χ2v) is 5.39. The highest BCUT2D eigenvalue weighted by atomic mass is 16.3. The fourth-order valence-corrected chi connectivity index (χ4v) is 3.02. The summed E-state index contributed by atoms with van der Waals surface area (Å²) >= 11 is 0. The van der Waals surface area contributed by atoms with Crippen LogP contribution in [0.3, 0.4) is 0 Å². The summed E-state index contributed by atoms with van der Waals surface area (Å²) < 4.78 is 6.10. The van der Waals surface area contributed by atoms with Gasteiger partial charge in [-0.05, 0) is 30.3 Å². The van der Waals surface area contributed by atoms with Gasteiger partial charge in [-0.2, -0.15) is 0 Å². The van der Waals surface area contributed by atoms with Crippen molar-refractivity contribution in [2.24, 2.45) is 0 Å². The van der Waals surface area contributed by atoms with Crippen LogP contribution in [0, 0.1) is 0 Å². The highest BCUT2D eigenvalue weighted by Gasteiger charge is 2.14. The van der Waals surface area contributed by atoms with Crippen LogP contribution >= 0.6 is 0 Å². The number of benzene rings is 3. The molecule has 0 atom stereocenters. The van der Waals surface area contributed by atoms with Crippen LogP contribution in [0.15, 0.2) is 71.1 Å². The van der Waals surface area contributed by atoms with Gasteiger partial charge in [0.15, 0.2) is 5.58 Å². The average Bonchev–Trinajstić information content (AvgIpc) is 3.16. The number of aromatic nitrogens is 2. The Labute approximate surface area is 126 Å². The summed E-state index contributed by atoms with van der Waals surface area (Å²) in [7, 11) is 0. The van der Waals surface area contributed by atoms with E-state index in [1.807, 2.05) is 48.5 Å². The van der Waals surface area contributed by atoms with Gasteiger partial charge in [-0.3, -0.25) is 0 Å². The number of aromatic amines is 1. The standard InChI is InChI=1S/C19H12N2O/c1-2-6-12(7-3-1)19-21-16-11-10-15-17(18(16)22-19)13-8-4-5-9-14(13)20-15/h1-11,20H. The van der Waals surface area contributed by atoms with Crippen LogP contribution in [0.5, 0.6) is 0 Å². The van der Waals surface area contributed by atoms with Crippen LogP contribution in [0.25, 0.3) is 44.4 Å². The first kappa shape index (κ1) is 11.6. The van der Waals surface area contributed by atoms with Crippen molar-refractivity contribution in [3.8, 4) is 11.5 Å². The maximum absolute atomic E-state index is 6.10. The Hall–Kier alpha value is -3.07. The third kappa shape index (κ3) is 1.53. The topological polar surface area (TPSA) is 41.8 Å². The van der Waals surface area contributed by atoms with Gasteiger partial charge in [-0.1, -0.05) is 36.4 Å². The lowest BCUT2D eigenvalue weighted by Crippen LogP contribution is -1.74. The van der Waals surface area contributed by atoms with Gasteiger partial charge in [-0.15, -0.1) is 0 Å². The molecule has 0 aliphatic carbocycles. The van der Waals surface area contributed by atoms with E-state index in [4.69, 9.17) is 4.42 Å². The Morgan fingerprint density at radius 1 is 0.773 bits per heavy atom. The number of nitrogens with zero attached hydrogens (tertiary/aromatic N) is 1. The summed E-state index contributed by atoms with van der Waals surface area (Å²) in [6.07, 6.45) is 0. The van der Waals surface area contributed by atoms with Crippen LogP contribution in [-0.2, 0) is 0 Å². The molecule has 5 aromatic rings. The number of fused-ring (bicyclic) bond motifs is 5. The highest BCUT2D eigenvalue weighted by Crippen LogP contribution is 2.34. The second-order valence-electron chi connectivity index (χ2n) is 5.39. The number of rotatable bonds is 1. The molecule has 3 heteroatoms. The average molecular weight is 284 g/mol. The lowest BCUT2D eigenvalue weighted by Gasteiger charge is -1.93. The van der Waals surface area contributed by atoms with E-state index >= 15 is 0 Å². The number of H-pyrrole nitrogens is 1. The van der Waals surface area contributed by atoms with E-state index in [1.54, 1.807) is 0 Å². The van der Waals surface area contributed by atoms with Crippen molar-refractivity contribution in [1.82, 2.24) is 9.97 Å². The third-order valence-corrected chi connectivity index (χ3v) is 4.04. The summed E-state index contributed by atoms with van der Waals surface area (Å²) in [5.41, 5.74) is 4.91. The second kappa shape index (κ2) is 4.21. The van der Waals surface area contributed by atoms with Gasteiger partial charge in [0.1, 0.15) is 5.52 Å². The van der Waals surface area contributed by atoms with Crippen LogP contribution in [0.4, 0.5) is 0 Å². The van der Waals surface area contributed by atoms with Crippen molar-refractivity contribution in [1.29, 1.82) is 0 Å². The molecule has 104 valence electrons. The molecular weight excluding hydrogens is 272 g/mol. The minimum absolute atomic E-state index is 0.661. The fourth-order valence-electron chi connectivity index (χ4n) is 3.02. The summed E-state index contributed by atoms with van der Waals surface area (Å²) in [5, 5.41) is 2.27. The molecule has 2 heterocycles. The molecular formula is C19H12N2O. The number of oxazole rings is 1. The first-order valence-corrected chi connectivity index (χ1v) is 7.25. The minimum atomic E-state index is 0.661. The van der Waals surface area contributed by atoms with Crippen molar-refractivity contribution in [2.45, 2.75) is 0 Å². The van der Waals surface area contributed by atoms with Crippen molar-refractivity contribution < 1.29 is 4.42 Å². The first-order chi connectivity index (χ1) is 10.9. The Morgan fingerprint density at radius 2 is 1.59 bits per heavy atom. The number of hydrogen-bond acceptors (Lipinski definition) is 2. The van der Waals surface area contributed by atoms with E-state index in [2.05, 4.69) is 28.2 Å². The quantitative estimate of drug-likeness (QED) is 0.463. The van der Waals surface area contributed by atoms with Crippen LogP contribution in [-0.4, -0.2) is 9.97 Å². The maximum atomic E-state index is 6.10. The number of nitrogens with one attached hydrogen (secondary N) is 1. The van der Waals surface area contributed by atoms with Crippen molar-refractivity contribution in [3.63, 3.8) is 0 Å². The van der Waals surface area contributed by atoms with E-state index in [-0.39, 0.29) is 0 Å². The Morgan fingerprint density at radius 3 is 2.50 bits per heavy atom. The zero-order valence-electron chi connectivity index (χ0n) is 11.7. The summed E-state index contributed by atoms with van der Waals surface area (Å²) in [6, 6.07) is 22.3. The van der Waals surface area contributed by atoms with Crippen molar-refractivity contribution in [2.75, 3.05) is 0 Å². The van der Waals surface area contributed by atoms with Gasteiger partial charge in [-0.25, -0.2) is 4.98 Å². The van der Waals surface area contributed by atoms with Gasteiger partial charge >= 0.3 is 0 Å². The molecule has 5 rings (SSSR count). The van der Waals surface area contributed by atoms with Gasteiger partial charge in [0.2, 0.25) is 5.89 Å². The molecule has 0 aliphatic heterocycles. The molecule has 0 spiro atoms. The van der Waals surface area contributed by atoms with Crippen LogP contribution < -0.4 is 0 Å². The molecule has 0 fully saturated rings. The monoisotopic (exact) mass is 284 g/mol. The molecule has 0 saturated heterocycles. The van der Waals surface area contributed by atoms with E-state index in [1.165, 1.54) is 5.39 Å². The van der Waals surface area contributed by atoms with Crippen molar-refractivity contribution >= 4 is 32.9 Å². The fraction of sp³-hybridized carbons (Fsp3) is 0. The Bertz CT molecular complexity index is 1120. The molecule has 0 unspecified atom stereocenters. The normalized spacial score (nSPS) is 11.6. The van der Waals surface area contributed by atoms with Gasteiger partial charge in [0, 0.05) is 16.5 Å². The molecule has 0 amide bonds. The largest absolute Gasteiger partial charge is 0.435 e. The molecule has 3 nitrogen and oxygen atoms in total. The molecule has 3 aromatic carbocycles. The van der Waals surface area contributed by atoms with E-state index in [0.29, 0.717) is 5.89 Å². The zero-order chi connectivity index (χ0) is 14.5. The minimum Gasteiger partial charge on any atom is -0.435 e. The summed E-state index contributed by atoms with van der Waals surface area (Å²) in [6.45, 7) is 0. The maximum Gasteiger partial charge on any atom is 0.227 e. The third-order valence-electron chi connectivity index (χ3n) is 4.04. The molecule has 0 bridgehead atoms. The lowest BCUT2D eigenvalue weighted by molar-refractivity contribution is 0.623. The summed E-state index contributed by atoms with van der Waals surface area (Å²) in [4.78, 5) is 8.07. The molecule has 0 radical (unpaired) electrons. The summed E-state index contributed by atoms with van der Waals surface area (Å²) in [5.74, 6) is 0.661. The molecule has 22 heavy (non-hydrogen) atoms.